The molecule has 0 amide bonds. The average Bonchev–Trinajstić information content (AvgIpc) is 1.64. The molecule has 0 unspecified atom stereocenters. The maximum Gasteiger partial charge on any atom is 0.101 e. The average molecular weight is 1250 g/mol. The number of benzene rings is 14. The number of fused-ring (bicyclic) bond motifs is 12. The first-order chi connectivity index (χ1) is 46.0. The molecule has 0 atom stereocenters. The van der Waals surface area contributed by atoms with Gasteiger partial charge in [0, 0.05) is 47.9 Å². The number of hydrogen-bond acceptors (Lipinski definition) is 2. The number of rotatable bonds is 7. The molecule has 0 bridgehead atoms. The largest absolute Gasteiger partial charge is 0.309 e. The van der Waals surface area contributed by atoms with Gasteiger partial charge in [0.2, 0.25) is 0 Å². The first kappa shape index (κ1) is 56.2. The molecule has 14 aromatic carbocycles. The summed E-state index contributed by atoms with van der Waals surface area (Å²) in [6.07, 6.45) is 0.999. The van der Waals surface area contributed by atoms with E-state index in [9.17, 15) is 5.26 Å². The van der Waals surface area contributed by atoms with Crippen LogP contribution in [-0.4, -0.2) is 13.7 Å². The van der Waals surface area contributed by atoms with E-state index >= 15 is 0 Å². The SMILES string of the molecule is N#Cc1ccccc1-n1c2ccccc2c2ccc(-c3ccccc3-c3ccccc3-n3c4ccccc4c4ccccc43)cc21.N#Cc1ccccc1Br.c1ccc2c(c1)Cc1cc(-c3ccccc3-c3ccccc3-n3c4ccccc4c4ccccc43)ccc1-2. The molecule has 1 aliphatic rings. The second kappa shape index (κ2) is 24.0. The summed E-state index contributed by atoms with van der Waals surface area (Å²) in [4.78, 5) is 0. The number of nitrogens with zero attached hydrogens (tertiary/aromatic N) is 5. The first-order valence-corrected chi connectivity index (χ1v) is 32.1. The molecule has 0 saturated heterocycles. The zero-order valence-electron chi connectivity index (χ0n) is 50.5. The molecule has 0 aliphatic heterocycles. The predicted molar refractivity (Wildman–Crippen MR) is 389 cm³/mol. The molecule has 3 aromatic heterocycles. The fraction of sp³-hybridized carbons (Fsp3) is 0.0115. The third-order valence-corrected chi connectivity index (χ3v) is 18.9. The van der Waals surface area contributed by atoms with Crippen LogP contribution >= 0.6 is 15.9 Å². The van der Waals surface area contributed by atoms with Crippen molar-refractivity contribution in [2.75, 3.05) is 0 Å². The third-order valence-electron chi connectivity index (χ3n) is 18.2. The van der Waals surface area contributed by atoms with Gasteiger partial charge in [0.15, 0.2) is 0 Å². The lowest BCUT2D eigenvalue weighted by Crippen LogP contribution is -1.98. The highest BCUT2D eigenvalue weighted by molar-refractivity contribution is 9.10. The van der Waals surface area contributed by atoms with Crippen LogP contribution in [0.2, 0.25) is 0 Å². The van der Waals surface area contributed by atoms with Gasteiger partial charge in [-0.25, -0.2) is 0 Å². The van der Waals surface area contributed by atoms with Crippen molar-refractivity contribution in [3.63, 3.8) is 0 Å². The van der Waals surface area contributed by atoms with E-state index < -0.39 is 0 Å². The number of para-hydroxylation sites is 8. The van der Waals surface area contributed by atoms with Crippen LogP contribution in [0.25, 0.3) is 138 Å². The summed E-state index contributed by atoms with van der Waals surface area (Å²) in [5, 5.41) is 25.9. The van der Waals surface area contributed by atoms with Crippen LogP contribution in [0.15, 0.2) is 332 Å². The summed E-state index contributed by atoms with van der Waals surface area (Å²) in [6, 6.07) is 120. The van der Waals surface area contributed by atoms with Crippen LogP contribution in [0.5, 0.6) is 0 Å². The zero-order chi connectivity index (χ0) is 62.4. The van der Waals surface area contributed by atoms with Gasteiger partial charge in [-0.05, 0) is 151 Å². The summed E-state index contributed by atoms with van der Waals surface area (Å²) in [5.41, 5.74) is 26.8. The molecule has 0 radical (unpaired) electrons. The Balaban J connectivity index is 0.000000132. The Kier molecular flexibility index (Phi) is 14.5. The molecular weight excluding hydrogens is 1190 g/mol. The Morgan fingerprint density at radius 3 is 1.05 bits per heavy atom. The number of hydrogen-bond donors (Lipinski definition) is 0. The Bertz CT molecular complexity index is 5760. The highest BCUT2D eigenvalue weighted by Crippen LogP contribution is 2.45. The van der Waals surface area contributed by atoms with Crippen molar-refractivity contribution in [2.45, 2.75) is 6.42 Å². The fourth-order valence-corrected chi connectivity index (χ4v) is 14.5. The van der Waals surface area contributed by atoms with Gasteiger partial charge in [0.05, 0.1) is 61.3 Å². The van der Waals surface area contributed by atoms with Crippen molar-refractivity contribution in [3.8, 4) is 84.8 Å². The molecule has 3 heterocycles. The zero-order valence-corrected chi connectivity index (χ0v) is 52.1. The maximum atomic E-state index is 10.0. The molecule has 0 N–H and O–H groups in total. The molecule has 17 aromatic rings. The van der Waals surface area contributed by atoms with E-state index in [1.807, 2.05) is 48.5 Å². The van der Waals surface area contributed by atoms with Crippen LogP contribution in [0.4, 0.5) is 0 Å². The molecule has 93 heavy (non-hydrogen) atoms. The van der Waals surface area contributed by atoms with E-state index in [4.69, 9.17) is 5.26 Å². The van der Waals surface area contributed by atoms with E-state index in [2.05, 4.69) is 315 Å². The monoisotopic (exact) mass is 1250 g/mol. The summed E-state index contributed by atoms with van der Waals surface area (Å²) < 4.78 is 7.92. The minimum absolute atomic E-state index is 0.649. The van der Waals surface area contributed by atoms with Crippen molar-refractivity contribution < 1.29 is 0 Å². The van der Waals surface area contributed by atoms with Gasteiger partial charge in [-0.3, -0.25) is 0 Å². The van der Waals surface area contributed by atoms with Crippen LogP contribution in [-0.2, 0) is 6.42 Å². The Hall–Kier alpha value is -12.1. The van der Waals surface area contributed by atoms with Gasteiger partial charge in [-0.2, -0.15) is 10.5 Å². The van der Waals surface area contributed by atoms with Crippen LogP contribution < -0.4 is 0 Å². The van der Waals surface area contributed by atoms with Crippen molar-refractivity contribution in [1.29, 1.82) is 10.5 Å². The Morgan fingerprint density at radius 2 is 0.581 bits per heavy atom. The standard InChI is InChI=1S/C43H27N3.C37H25N.C7H4BrN/c44-28-30-13-1-8-20-38(30)45-40-22-10-7-19-36(40)37-26-25-29(27-43(37)45)31-14-2-3-15-32(31)33-16-4-9-21-39(33)46-41-23-11-5-17-34(41)35-18-6-12-24-42(35)46;1-2-12-28-25(11-1)23-27-24-26(21-22-30(27)28)29-13-3-4-14-31(29)32-15-5-8-18-35(32)38-36-19-9-6-16-33(36)34-17-7-10-20-37(34)38;8-7-4-2-1-3-6(7)5-9/h1-27H;1-22,24H,23H2;1-4H. The smallest absolute Gasteiger partial charge is 0.101 e. The third kappa shape index (κ3) is 9.86. The fourth-order valence-electron chi connectivity index (χ4n) is 14.1. The Morgan fingerprint density at radius 1 is 0.247 bits per heavy atom. The Labute approximate surface area is 547 Å². The molecule has 1 aliphatic carbocycles. The lowest BCUT2D eigenvalue weighted by molar-refractivity contribution is 1.17. The predicted octanol–water partition coefficient (Wildman–Crippen LogP) is 23.1. The lowest BCUT2D eigenvalue weighted by atomic mass is 9.91. The van der Waals surface area contributed by atoms with Gasteiger partial charge in [0.25, 0.3) is 0 Å². The maximum absolute atomic E-state index is 10.0. The summed E-state index contributed by atoms with van der Waals surface area (Å²) >= 11 is 3.23. The van der Waals surface area contributed by atoms with Crippen molar-refractivity contribution in [2.24, 2.45) is 0 Å². The van der Waals surface area contributed by atoms with Crippen LogP contribution in [0.3, 0.4) is 0 Å². The molecule has 0 fully saturated rings. The van der Waals surface area contributed by atoms with Gasteiger partial charge < -0.3 is 13.7 Å². The second-order valence-corrected chi connectivity index (χ2v) is 24.2. The van der Waals surface area contributed by atoms with Crippen LogP contribution in [0.1, 0.15) is 22.3 Å². The number of aromatic nitrogens is 3. The van der Waals surface area contributed by atoms with E-state index in [0.717, 1.165) is 49.8 Å². The topological polar surface area (TPSA) is 62.4 Å². The van der Waals surface area contributed by atoms with E-state index in [1.54, 1.807) is 6.07 Å². The van der Waals surface area contributed by atoms with Gasteiger partial charge in [0.1, 0.15) is 12.1 Å². The van der Waals surface area contributed by atoms with Crippen molar-refractivity contribution in [3.05, 3.63) is 354 Å². The highest BCUT2D eigenvalue weighted by Gasteiger charge is 2.23. The quantitative estimate of drug-likeness (QED) is 0.160. The minimum atomic E-state index is 0.649. The van der Waals surface area contributed by atoms with Crippen molar-refractivity contribution in [1.82, 2.24) is 13.7 Å². The van der Waals surface area contributed by atoms with Gasteiger partial charge in [-0.1, -0.05) is 255 Å². The molecule has 6 heteroatoms. The molecule has 0 saturated carbocycles. The minimum Gasteiger partial charge on any atom is -0.309 e. The second-order valence-electron chi connectivity index (χ2n) is 23.4. The van der Waals surface area contributed by atoms with E-state index in [-0.39, 0.29) is 0 Å². The number of halogens is 1. The van der Waals surface area contributed by atoms with Crippen LogP contribution in [0, 0.1) is 22.7 Å². The number of nitriles is 2. The molecular formula is C87H56BrN5. The van der Waals surface area contributed by atoms with E-state index in [0.29, 0.717) is 11.1 Å². The van der Waals surface area contributed by atoms with Gasteiger partial charge in [-0.15, -0.1) is 0 Å². The van der Waals surface area contributed by atoms with E-state index in [1.165, 1.54) is 110 Å². The molecule has 0 spiro atoms. The highest BCUT2D eigenvalue weighted by atomic mass is 79.9. The van der Waals surface area contributed by atoms with Gasteiger partial charge >= 0.3 is 0 Å². The molecule has 5 nitrogen and oxygen atoms in total. The van der Waals surface area contributed by atoms with Crippen molar-refractivity contribution >= 4 is 81.3 Å². The molecule has 18 rings (SSSR count). The summed E-state index contributed by atoms with van der Waals surface area (Å²) in [7, 11) is 0. The first-order valence-electron chi connectivity index (χ1n) is 31.3. The summed E-state index contributed by atoms with van der Waals surface area (Å²) in [5.74, 6) is 0. The normalized spacial score (nSPS) is 11.4. The lowest BCUT2D eigenvalue weighted by Gasteiger charge is -2.17. The summed E-state index contributed by atoms with van der Waals surface area (Å²) in [6.45, 7) is 0. The molecule has 436 valence electrons.